The van der Waals surface area contributed by atoms with Gasteiger partial charge in [0.1, 0.15) is 0 Å². The summed E-state index contributed by atoms with van der Waals surface area (Å²) in [5.41, 5.74) is 3.12. The summed E-state index contributed by atoms with van der Waals surface area (Å²) in [5, 5.41) is 3.13. The summed E-state index contributed by atoms with van der Waals surface area (Å²) in [4.78, 5) is 16.6. The van der Waals surface area contributed by atoms with E-state index in [-0.39, 0.29) is 17.4 Å². The van der Waals surface area contributed by atoms with Crippen molar-refractivity contribution in [2.24, 2.45) is 0 Å². The van der Waals surface area contributed by atoms with Gasteiger partial charge in [-0.15, -0.1) is 0 Å². The Bertz CT molecular complexity index is 852. The van der Waals surface area contributed by atoms with Gasteiger partial charge in [0.15, 0.2) is 0 Å². The van der Waals surface area contributed by atoms with Crippen LogP contribution in [0, 0.1) is 0 Å². The van der Waals surface area contributed by atoms with Crippen LogP contribution in [-0.2, 0) is 12.0 Å². The number of nitrogens with zero attached hydrogens (tertiary/aromatic N) is 2. The minimum absolute atomic E-state index is 0.00259. The van der Waals surface area contributed by atoms with Crippen LogP contribution in [0.2, 0.25) is 0 Å². The SMILES string of the molecule is C[C@@H](CC(C)(C)c1ccccc1)NC(=O)c1ccc(Cn2ccnc2)cc1. The van der Waals surface area contributed by atoms with Crippen LogP contribution in [0.4, 0.5) is 0 Å². The number of hydrogen-bond acceptors (Lipinski definition) is 2. The molecule has 0 fully saturated rings. The lowest BCUT2D eigenvalue weighted by Crippen LogP contribution is -2.37. The molecule has 0 aliphatic carbocycles. The second kappa shape index (κ2) is 8.21. The van der Waals surface area contributed by atoms with E-state index < -0.39 is 0 Å². The molecule has 0 saturated heterocycles. The van der Waals surface area contributed by atoms with Gasteiger partial charge in [-0.3, -0.25) is 4.79 Å². The number of aromatic nitrogens is 2. The van der Waals surface area contributed by atoms with Crippen LogP contribution in [0.25, 0.3) is 0 Å². The van der Waals surface area contributed by atoms with Crippen molar-refractivity contribution in [3.8, 4) is 0 Å². The number of imidazole rings is 1. The molecule has 0 saturated carbocycles. The first-order valence-electron chi connectivity index (χ1n) is 9.35. The lowest BCUT2D eigenvalue weighted by Gasteiger charge is -2.29. The molecule has 0 radical (unpaired) electrons. The van der Waals surface area contributed by atoms with Crippen molar-refractivity contribution in [3.63, 3.8) is 0 Å². The third-order valence-electron chi connectivity index (χ3n) is 4.89. The second-order valence-electron chi connectivity index (χ2n) is 7.76. The third kappa shape index (κ3) is 5.07. The number of rotatable bonds is 7. The Balaban J connectivity index is 1.58. The van der Waals surface area contributed by atoms with Crippen molar-refractivity contribution in [2.75, 3.05) is 0 Å². The van der Waals surface area contributed by atoms with Crippen LogP contribution in [0.1, 0.15) is 48.7 Å². The van der Waals surface area contributed by atoms with Crippen LogP contribution in [-0.4, -0.2) is 21.5 Å². The molecule has 1 amide bonds. The van der Waals surface area contributed by atoms with E-state index in [4.69, 9.17) is 0 Å². The van der Waals surface area contributed by atoms with E-state index in [2.05, 4.69) is 55.3 Å². The lowest BCUT2D eigenvalue weighted by molar-refractivity contribution is 0.0934. The molecular formula is C23H27N3O. The molecule has 4 heteroatoms. The topological polar surface area (TPSA) is 46.9 Å². The first kappa shape index (κ1) is 18.9. The van der Waals surface area contributed by atoms with E-state index in [1.807, 2.05) is 41.1 Å². The molecule has 0 aliphatic heterocycles. The van der Waals surface area contributed by atoms with E-state index in [1.54, 1.807) is 12.5 Å². The Morgan fingerprint density at radius 2 is 1.81 bits per heavy atom. The summed E-state index contributed by atoms with van der Waals surface area (Å²) < 4.78 is 2.00. The van der Waals surface area contributed by atoms with Gasteiger partial charge in [-0.2, -0.15) is 0 Å². The Kier molecular flexibility index (Phi) is 5.75. The highest BCUT2D eigenvalue weighted by atomic mass is 16.1. The Morgan fingerprint density at radius 1 is 1.11 bits per heavy atom. The maximum Gasteiger partial charge on any atom is 0.251 e. The Morgan fingerprint density at radius 3 is 2.44 bits per heavy atom. The van der Waals surface area contributed by atoms with Crippen molar-refractivity contribution in [2.45, 2.75) is 45.2 Å². The first-order chi connectivity index (χ1) is 12.9. The van der Waals surface area contributed by atoms with E-state index >= 15 is 0 Å². The molecule has 0 unspecified atom stereocenters. The molecule has 3 rings (SSSR count). The molecule has 2 aromatic carbocycles. The average Bonchev–Trinajstić information content (AvgIpc) is 3.15. The molecule has 140 valence electrons. The summed E-state index contributed by atoms with van der Waals surface area (Å²) in [5.74, 6) is -0.0273. The minimum atomic E-state index is -0.0273. The minimum Gasteiger partial charge on any atom is -0.350 e. The summed E-state index contributed by atoms with van der Waals surface area (Å²) in [6.07, 6.45) is 6.36. The van der Waals surface area contributed by atoms with Gasteiger partial charge in [0.2, 0.25) is 0 Å². The molecule has 0 spiro atoms. The third-order valence-corrected chi connectivity index (χ3v) is 4.89. The highest BCUT2D eigenvalue weighted by molar-refractivity contribution is 5.94. The number of amides is 1. The number of carbonyl (C=O) groups is 1. The quantitative estimate of drug-likeness (QED) is 0.677. The molecule has 0 aliphatic rings. The van der Waals surface area contributed by atoms with E-state index in [0.717, 1.165) is 18.5 Å². The van der Waals surface area contributed by atoms with E-state index in [9.17, 15) is 4.79 Å². The lowest BCUT2D eigenvalue weighted by atomic mass is 9.79. The number of hydrogen-bond donors (Lipinski definition) is 1. The van der Waals surface area contributed by atoms with Gasteiger partial charge < -0.3 is 9.88 Å². The molecular weight excluding hydrogens is 334 g/mol. The maximum absolute atomic E-state index is 12.6. The molecule has 1 N–H and O–H groups in total. The molecule has 4 nitrogen and oxygen atoms in total. The van der Waals surface area contributed by atoms with E-state index in [0.29, 0.717) is 5.56 Å². The summed E-state index contributed by atoms with van der Waals surface area (Å²) in [7, 11) is 0. The predicted octanol–water partition coefficient (Wildman–Crippen LogP) is 4.42. The van der Waals surface area contributed by atoms with Gasteiger partial charge in [-0.05, 0) is 42.0 Å². The van der Waals surface area contributed by atoms with Crippen molar-refractivity contribution < 1.29 is 4.79 Å². The molecule has 1 aromatic heterocycles. The fourth-order valence-corrected chi connectivity index (χ4v) is 3.48. The smallest absolute Gasteiger partial charge is 0.251 e. The highest BCUT2D eigenvalue weighted by Gasteiger charge is 2.24. The Labute approximate surface area is 161 Å². The maximum atomic E-state index is 12.6. The van der Waals surface area contributed by atoms with Gasteiger partial charge in [0.25, 0.3) is 5.91 Å². The molecule has 1 heterocycles. The number of carbonyl (C=O) groups excluding carboxylic acids is 1. The zero-order chi connectivity index (χ0) is 19.3. The summed E-state index contributed by atoms with van der Waals surface area (Å²) in [6, 6.07) is 18.3. The molecule has 3 aromatic rings. The standard InChI is InChI=1S/C23H27N3O/c1-18(15-23(2,3)21-7-5-4-6-8-21)25-22(27)20-11-9-19(10-12-20)16-26-14-13-24-17-26/h4-14,17-18H,15-16H2,1-3H3,(H,25,27)/t18-/m0/s1. The van der Waals surface area contributed by atoms with Gasteiger partial charge in [0.05, 0.1) is 6.33 Å². The summed E-state index contributed by atoms with van der Waals surface area (Å²) in [6.45, 7) is 7.26. The van der Waals surface area contributed by atoms with Crippen molar-refractivity contribution >= 4 is 5.91 Å². The van der Waals surface area contributed by atoms with E-state index in [1.165, 1.54) is 5.56 Å². The van der Waals surface area contributed by atoms with Gasteiger partial charge in [0, 0.05) is 30.5 Å². The van der Waals surface area contributed by atoms with Gasteiger partial charge >= 0.3 is 0 Å². The first-order valence-corrected chi connectivity index (χ1v) is 9.35. The largest absolute Gasteiger partial charge is 0.350 e. The zero-order valence-electron chi connectivity index (χ0n) is 16.2. The monoisotopic (exact) mass is 361 g/mol. The highest BCUT2D eigenvalue weighted by Crippen LogP contribution is 2.28. The molecule has 0 bridgehead atoms. The van der Waals surface area contributed by atoms with Crippen LogP contribution >= 0.6 is 0 Å². The van der Waals surface area contributed by atoms with Gasteiger partial charge in [-0.25, -0.2) is 4.98 Å². The summed E-state index contributed by atoms with van der Waals surface area (Å²) >= 11 is 0. The Hall–Kier alpha value is -2.88. The van der Waals surface area contributed by atoms with Crippen molar-refractivity contribution in [1.82, 2.24) is 14.9 Å². The normalized spacial score (nSPS) is 12.6. The van der Waals surface area contributed by atoms with Crippen LogP contribution in [0.15, 0.2) is 73.3 Å². The zero-order valence-corrected chi connectivity index (χ0v) is 16.2. The number of nitrogens with one attached hydrogen (secondary N) is 1. The van der Waals surface area contributed by atoms with Crippen LogP contribution in [0.3, 0.4) is 0 Å². The average molecular weight is 361 g/mol. The van der Waals surface area contributed by atoms with Crippen LogP contribution < -0.4 is 5.32 Å². The fourth-order valence-electron chi connectivity index (χ4n) is 3.48. The van der Waals surface area contributed by atoms with Crippen molar-refractivity contribution in [3.05, 3.63) is 90.0 Å². The second-order valence-corrected chi connectivity index (χ2v) is 7.76. The van der Waals surface area contributed by atoms with Crippen molar-refractivity contribution in [1.29, 1.82) is 0 Å². The predicted molar refractivity (Wildman–Crippen MR) is 109 cm³/mol. The van der Waals surface area contributed by atoms with Gasteiger partial charge in [-0.1, -0.05) is 56.3 Å². The fraction of sp³-hybridized carbons (Fsp3) is 0.304. The number of benzene rings is 2. The van der Waals surface area contributed by atoms with Crippen LogP contribution in [0.5, 0.6) is 0 Å². The molecule has 1 atom stereocenters. The molecule has 27 heavy (non-hydrogen) atoms.